The number of H-pyrrole nitrogens is 1. The Labute approximate surface area is 267 Å². The minimum atomic E-state index is -1.04. The highest BCUT2D eigenvalue weighted by Gasteiger charge is 2.19. The summed E-state index contributed by atoms with van der Waals surface area (Å²) in [5.41, 5.74) is 9.26. The zero-order valence-corrected chi connectivity index (χ0v) is 25.2. The first-order chi connectivity index (χ1) is 21.8. The minimum absolute atomic E-state index is 0. The van der Waals surface area contributed by atoms with Gasteiger partial charge in [-0.25, -0.2) is 14.4 Å². The molecule has 0 saturated carbocycles. The van der Waals surface area contributed by atoms with Crippen molar-refractivity contribution in [2.75, 3.05) is 33.2 Å². The van der Waals surface area contributed by atoms with E-state index < -0.39 is 17.4 Å². The number of nitrogen functional groups attached to an aromatic ring is 1. The number of methoxy groups -OCH3 is 2. The third-order valence-corrected chi connectivity index (χ3v) is 7.13. The smallest absolute Gasteiger partial charge is 0.419 e. The maximum atomic E-state index is 12.0. The Bertz CT molecular complexity index is 1820. The Hall–Kier alpha value is -5.35. The van der Waals surface area contributed by atoms with E-state index in [9.17, 15) is 19.5 Å². The fourth-order valence-electron chi connectivity index (χ4n) is 4.98. The molecule has 0 bridgehead atoms. The van der Waals surface area contributed by atoms with Gasteiger partial charge >= 0.3 is 17.4 Å². The van der Waals surface area contributed by atoms with Crippen LogP contribution in [0.15, 0.2) is 98.9 Å². The quantitative estimate of drug-likeness (QED) is 0.182. The molecule has 1 aliphatic rings. The van der Waals surface area contributed by atoms with Crippen LogP contribution in [0.5, 0.6) is 11.5 Å². The number of hydrogen-bond donors (Lipinski definition) is 3. The molecule has 6 rings (SSSR count). The first-order valence-corrected chi connectivity index (χ1v) is 14.4. The Morgan fingerprint density at radius 1 is 0.804 bits per heavy atom. The van der Waals surface area contributed by atoms with E-state index in [1.165, 1.54) is 20.0 Å². The summed E-state index contributed by atoms with van der Waals surface area (Å²) in [7, 11) is 3.06. The van der Waals surface area contributed by atoms with Gasteiger partial charge in [0.2, 0.25) is 0 Å². The minimum Gasteiger partial charge on any atom is -0.496 e. The molecular formula is C36H40N2O8. The molecule has 242 valence electrons. The van der Waals surface area contributed by atoms with Gasteiger partial charge in [0.15, 0.2) is 0 Å². The highest BCUT2D eigenvalue weighted by molar-refractivity contribution is 5.96. The molecule has 1 aliphatic heterocycles. The number of aromatic amines is 1. The van der Waals surface area contributed by atoms with Gasteiger partial charge in [-0.05, 0) is 48.2 Å². The van der Waals surface area contributed by atoms with Crippen molar-refractivity contribution in [3.8, 4) is 11.5 Å². The number of nitrogens with one attached hydrogen (secondary N) is 1. The van der Waals surface area contributed by atoms with Gasteiger partial charge in [0.1, 0.15) is 11.5 Å². The Balaban J connectivity index is 0.000000214. The first-order valence-electron chi connectivity index (χ1n) is 14.4. The normalized spacial score (nSPS) is 11.7. The van der Waals surface area contributed by atoms with Gasteiger partial charge in [-0.15, -0.1) is 0 Å². The summed E-state index contributed by atoms with van der Waals surface area (Å²) in [4.78, 5) is 37.2. The fourth-order valence-corrected chi connectivity index (χ4v) is 4.98. The van der Waals surface area contributed by atoms with Crippen LogP contribution < -0.4 is 26.6 Å². The maximum Gasteiger partial charge on any atom is 0.419 e. The Kier molecular flexibility index (Phi) is 13.2. The van der Waals surface area contributed by atoms with Crippen molar-refractivity contribution in [3.05, 3.63) is 134 Å². The predicted octanol–water partition coefficient (Wildman–Crippen LogP) is 6.08. The number of benzene rings is 4. The van der Waals surface area contributed by atoms with Crippen LogP contribution in [0.1, 0.15) is 52.9 Å². The molecule has 1 aromatic heterocycles. The molecular weight excluding hydrogens is 588 g/mol. The molecule has 10 nitrogen and oxygen atoms in total. The van der Waals surface area contributed by atoms with Gasteiger partial charge in [-0.2, -0.15) is 0 Å². The third-order valence-electron chi connectivity index (χ3n) is 7.13. The summed E-state index contributed by atoms with van der Waals surface area (Å²) in [6.07, 6.45) is 3.54. The molecule has 5 aromatic rings. The molecule has 0 aliphatic carbocycles. The standard InChI is InChI=1S/C16H13NO4.C15H15NO3.C4H8O.CH4/c1-20-13-8-7-12-14(15(18)21-16(19)17-12)11(13)9-10-5-3-2-4-6-10;1-19-13-8-7-12(16)14(15(17)18)11(13)9-10-5-3-2-4-6-10;1-2-4-5-3-1;/h2-8H,9H2,1H3,(H,17,19);2-8H,9,16H2,1H3,(H,17,18);1-4H2;1H4. The molecule has 0 atom stereocenters. The molecule has 2 heterocycles. The third kappa shape index (κ3) is 9.09. The van der Waals surface area contributed by atoms with Gasteiger partial charge in [0.25, 0.3) is 0 Å². The number of hydrogen-bond acceptors (Lipinski definition) is 8. The van der Waals surface area contributed by atoms with Crippen molar-refractivity contribution in [1.29, 1.82) is 0 Å². The van der Waals surface area contributed by atoms with E-state index in [1.807, 2.05) is 60.7 Å². The molecule has 1 saturated heterocycles. The van der Waals surface area contributed by atoms with Crippen LogP contribution in [-0.4, -0.2) is 43.5 Å². The van der Waals surface area contributed by atoms with Gasteiger partial charge in [0.05, 0.1) is 30.7 Å². The molecule has 0 amide bonds. The number of fused-ring (bicyclic) bond motifs is 1. The van der Waals surface area contributed by atoms with E-state index in [1.54, 1.807) is 31.4 Å². The summed E-state index contributed by atoms with van der Waals surface area (Å²) >= 11 is 0. The zero-order valence-electron chi connectivity index (χ0n) is 25.2. The van der Waals surface area contributed by atoms with Crippen molar-refractivity contribution < 1.29 is 28.5 Å². The van der Waals surface area contributed by atoms with E-state index in [0.29, 0.717) is 46.4 Å². The molecule has 46 heavy (non-hydrogen) atoms. The number of carboxylic acids is 1. The number of carbonyl (C=O) groups is 1. The summed E-state index contributed by atoms with van der Waals surface area (Å²) in [5, 5.41) is 9.65. The second kappa shape index (κ2) is 17.2. The molecule has 4 N–H and O–H groups in total. The van der Waals surface area contributed by atoms with Crippen LogP contribution in [0.25, 0.3) is 10.9 Å². The summed E-state index contributed by atoms with van der Waals surface area (Å²) < 4.78 is 20.2. The topological polar surface area (TPSA) is 154 Å². The van der Waals surface area contributed by atoms with Crippen molar-refractivity contribution in [3.63, 3.8) is 0 Å². The molecule has 0 spiro atoms. The SMILES string of the molecule is C.C1CCOC1.COc1ccc(N)c(C(=O)O)c1Cc1ccccc1.COc1ccc2[nH]c(=O)oc(=O)c2c1Cc1ccccc1. The van der Waals surface area contributed by atoms with Crippen LogP contribution in [0, 0.1) is 0 Å². The summed E-state index contributed by atoms with van der Waals surface area (Å²) in [5.74, 6) is -0.674. The van der Waals surface area contributed by atoms with Crippen molar-refractivity contribution in [1.82, 2.24) is 4.98 Å². The second-order valence-corrected chi connectivity index (χ2v) is 10.1. The molecule has 1 fully saturated rings. The van der Waals surface area contributed by atoms with Crippen molar-refractivity contribution in [2.24, 2.45) is 0 Å². The zero-order chi connectivity index (χ0) is 32.2. The average Bonchev–Trinajstić information content (AvgIpc) is 3.63. The van der Waals surface area contributed by atoms with E-state index in [-0.39, 0.29) is 18.7 Å². The number of ether oxygens (including phenoxy) is 3. The Morgan fingerprint density at radius 2 is 1.33 bits per heavy atom. The summed E-state index contributed by atoms with van der Waals surface area (Å²) in [6.45, 7) is 2.00. The molecule has 0 unspecified atom stereocenters. The molecule has 0 radical (unpaired) electrons. The number of aromatic carboxylic acids is 1. The predicted molar refractivity (Wildman–Crippen MR) is 179 cm³/mol. The van der Waals surface area contributed by atoms with Crippen LogP contribution in [0.4, 0.5) is 5.69 Å². The van der Waals surface area contributed by atoms with Gasteiger partial charge in [-0.3, -0.25) is 4.98 Å². The summed E-state index contributed by atoms with van der Waals surface area (Å²) in [6, 6.07) is 25.9. The van der Waals surface area contributed by atoms with Gasteiger partial charge in [-0.1, -0.05) is 68.1 Å². The van der Waals surface area contributed by atoms with Crippen LogP contribution in [0.3, 0.4) is 0 Å². The largest absolute Gasteiger partial charge is 0.496 e. The van der Waals surface area contributed by atoms with E-state index in [2.05, 4.69) is 9.40 Å². The van der Waals surface area contributed by atoms with E-state index in [0.717, 1.165) is 24.3 Å². The number of rotatable bonds is 7. The van der Waals surface area contributed by atoms with Crippen molar-refractivity contribution >= 4 is 22.6 Å². The molecule has 4 aromatic carbocycles. The van der Waals surface area contributed by atoms with E-state index in [4.69, 9.17) is 19.9 Å². The lowest BCUT2D eigenvalue weighted by Gasteiger charge is -2.13. The van der Waals surface area contributed by atoms with E-state index >= 15 is 0 Å². The van der Waals surface area contributed by atoms with Gasteiger partial charge < -0.3 is 29.5 Å². The van der Waals surface area contributed by atoms with Crippen LogP contribution in [0.2, 0.25) is 0 Å². The van der Waals surface area contributed by atoms with Crippen LogP contribution in [-0.2, 0) is 17.6 Å². The number of nitrogens with two attached hydrogens (primary N) is 1. The van der Waals surface area contributed by atoms with Crippen molar-refractivity contribution in [2.45, 2.75) is 33.1 Å². The number of anilines is 1. The highest BCUT2D eigenvalue weighted by atomic mass is 16.5. The molecule has 10 heteroatoms. The number of carboxylic acid groups (broad SMARTS) is 1. The first kappa shape index (κ1) is 35.1. The monoisotopic (exact) mass is 628 g/mol. The maximum absolute atomic E-state index is 12.0. The second-order valence-electron chi connectivity index (χ2n) is 10.1. The lowest BCUT2D eigenvalue weighted by molar-refractivity contribution is 0.0696. The number of aromatic nitrogens is 1. The van der Waals surface area contributed by atoms with Gasteiger partial charge in [0, 0.05) is 42.9 Å². The average molecular weight is 629 g/mol. The van der Waals surface area contributed by atoms with Crippen LogP contribution >= 0.6 is 0 Å². The Morgan fingerprint density at radius 3 is 1.83 bits per heavy atom. The fraction of sp³-hybridized carbons (Fsp3) is 0.250. The lowest BCUT2D eigenvalue weighted by atomic mass is 9.97. The lowest BCUT2D eigenvalue weighted by Crippen LogP contribution is -2.16. The highest BCUT2D eigenvalue weighted by Crippen LogP contribution is 2.30.